The summed E-state index contributed by atoms with van der Waals surface area (Å²) in [5.74, 6) is -4.74. The number of nitrogens with one attached hydrogen (secondary N) is 3. The molecular weight excluding hydrogens is 753 g/mol. The van der Waals surface area contributed by atoms with E-state index in [1.807, 2.05) is 50.2 Å². The summed E-state index contributed by atoms with van der Waals surface area (Å²) >= 11 is 0. The number of carboxylic acid groups (broad SMARTS) is 3. The molecule has 0 aliphatic heterocycles. The zero-order valence-electron chi connectivity index (χ0n) is 31.2. The average molecular weight is 796 g/mol. The van der Waals surface area contributed by atoms with Crippen molar-refractivity contribution in [3.05, 3.63) is 150 Å². The van der Waals surface area contributed by atoms with Gasteiger partial charge in [0.25, 0.3) is 7.37 Å². The number of aromatic amines is 2. The zero-order chi connectivity index (χ0) is 41.7. The molecule has 1 amide bonds. The first kappa shape index (κ1) is 43.0. The molecule has 0 saturated heterocycles. The van der Waals surface area contributed by atoms with Crippen LogP contribution in [0.5, 0.6) is 5.75 Å². The van der Waals surface area contributed by atoms with Gasteiger partial charge in [-0.05, 0) is 80.4 Å². The molecule has 0 spiro atoms. The minimum atomic E-state index is -3.45. The summed E-state index contributed by atoms with van der Waals surface area (Å²) in [6.45, 7) is 5.46. The Kier molecular flexibility index (Phi) is 14.9. The van der Waals surface area contributed by atoms with Crippen LogP contribution in [0, 0.1) is 13.8 Å². The Bertz CT molecular complexity index is 2350. The van der Waals surface area contributed by atoms with Gasteiger partial charge in [0, 0.05) is 40.1 Å². The van der Waals surface area contributed by atoms with Crippen LogP contribution in [-0.2, 0) is 30.2 Å². The third-order valence-corrected chi connectivity index (χ3v) is 10.5. The van der Waals surface area contributed by atoms with E-state index in [0.29, 0.717) is 27.5 Å². The van der Waals surface area contributed by atoms with Crippen molar-refractivity contribution in [2.24, 2.45) is 0 Å². The summed E-state index contributed by atoms with van der Waals surface area (Å²) in [6.07, 6.45) is 4.18. The molecule has 6 aromatic rings. The number of rotatable bonds is 12. The van der Waals surface area contributed by atoms with Crippen LogP contribution >= 0.6 is 7.37 Å². The summed E-state index contributed by atoms with van der Waals surface area (Å²) < 4.78 is 17.6. The number of para-hydroxylation sites is 1. The van der Waals surface area contributed by atoms with Crippen LogP contribution in [0.25, 0.3) is 10.9 Å². The molecule has 15 heteroatoms. The minimum absolute atomic E-state index is 0.0204. The number of hydrogen-bond donors (Lipinski definition) is 7. The molecule has 7 N–H and O–H groups in total. The van der Waals surface area contributed by atoms with Gasteiger partial charge in [-0.15, -0.1) is 0 Å². The number of H-pyrrole nitrogens is 2. The fourth-order valence-corrected chi connectivity index (χ4v) is 7.19. The first-order valence-electron chi connectivity index (χ1n) is 17.5. The maximum Gasteiger partial charge on any atom is 0.345 e. The fourth-order valence-electron chi connectivity index (χ4n) is 5.56. The predicted molar refractivity (Wildman–Crippen MR) is 214 cm³/mol. The van der Waals surface area contributed by atoms with Gasteiger partial charge in [0.15, 0.2) is 0 Å². The lowest BCUT2D eigenvalue weighted by molar-refractivity contribution is -0.147. The molecular formula is C42H42N3O11P. The lowest BCUT2D eigenvalue weighted by Crippen LogP contribution is -2.42. The van der Waals surface area contributed by atoms with E-state index in [2.05, 4.69) is 15.3 Å². The smallest absolute Gasteiger partial charge is 0.345 e. The SMILES string of the molecule is CC(C(=O)O)c1ccc(OC(=O)c2cc[nH]c2)cc1.Cc1cc(C)cc(P(=O)(O)c2ccccc2)c1.O=C(O)CC(NC(=O)Cc1c[nH]c2ccccc12)C(=O)O. The highest BCUT2D eigenvalue weighted by Crippen LogP contribution is 2.38. The predicted octanol–water partition coefficient (Wildman–Crippen LogP) is 5.70. The van der Waals surface area contributed by atoms with Crippen molar-refractivity contribution < 1.29 is 53.5 Å². The number of carbonyl (C=O) groups excluding carboxylic acids is 2. The second kappa shape index (κ2) is 19.7. The number of aryl methyl sites for hydroxylation is 2. The summed E-state index contributed by atoms with van der Waals surface area (Å²) in [5, 5.41) is 30.5. The molecule has 3 atom stereocenters. The van der Waals surface area contributed by atoms with Gasteiger partial charge < -0.3 is 40.2 Å². The molecule has 57 heavy (non-hydrogen) atoms. The normalized spacial score (nSPS) is 12.6. The standard InChI is InChI=1S/C14H14N2O5.C14H13NO4.C14H15O2P/c17-12(16-11(14(20)21)6-13(18)19)5-8-7-15-10-4-2-1-3-9(8)10;1-9(13(16)17)10-2-4-12(5-3-10)19-14(18)11-6-7-15-8-11;1-11-8-12(2)10-14(9-11)17(15,16)13-6-4-3-5-7-13/h1-4,7,11,15H,5-6H2,(H,16,17)(H,18,19)(H,20,21);2-9,15H,1H3,(H,16,17);3-10H,1-2H3,(H,15,16). The van der Waals surface area contributed by atoms with E-state index in [1.165, 1.54) is 0 Å². The third-order valence-electron chi connectivity index (χ3n) is 8.50. The number of carboxylic acids is 3. The lowest BCUT2D eigenvalue weighted by Gasteiger charge is -2.13. The molecule has 0 radical (unpaired) electrons. The Balaban J connectivity index is 0.000000190. The maximum absolute atomic E-state index is 12.5. The van der Waals surface area contributed by atoms with Crippen molar-refractivity contribution in [2.75, 3.05) is 0 Å². The van der Waals surface area contributed by atoms with Gasteiger partial charge in [0.2, 0.25) is 5.91 Å². The van der Waals surface area contributed by atoms with Gasteiger partial charge in [-0.1, -0.05) is 65.7 Å². The van der Waals surface area contributed by atoms with Crippen molar-refractivity contribution in [1.29, 1.82) is 0 Å². The van der Waals surface area contributed by atoms with Crippen LogP contribution in [0.3, 0.4) is 0 Å². The van der Waals surface area contributed by atoms with E-state index in [4.69, 9.17) is 20.1 Å². The van der Waals surface area contributed by atoms with E-state index in [0.717, 1.165) is 27.6 Å². The van der Waals surface area contributed by atoms with E-state index in [-0.39, 0.29) is 6.42 Å². The summed E-state index contributed by atoms with van der Waals surface area (Å²) in [7, 11) is -3.45. The molecule has 296 valence electrons. The summed E-state index contributed by atoms with van der Waals surface area (Å²) in [5.41, 5.74) is 4.70. The van der Waals surface area contributed by atoms with E-state index >= 15 is 0 Å². The summed E-state index contributed by atoms with van der Waals surface area (Å²) in [6, 6.07) is 28.4. The maximum atomic E-state index is 12.5. The van der Waals surface area contributed by atoms with E-state index in [9.17, 15) is 33.4 Å². The van der Waals surface area contributed by atoms with Gasteiger partial charge >= 0.3 is 23.9 Å². The Labute approximate surface area is 327 Å². The molecule has 0 saturated carbocycles. The largest absolute Gasteiger partial charge is 0.481 e. The average Bonchev–Trinajstić information content (AvgIpc) is 3.86. The molecule has 4 aromatic carbocycles. The Morgan fingerprint density at radius 3 is 1.98 bits per heavy atom. The van der Waals surface area contributed by atoms with Crippen LogP contribution in [0.4, 0.5) is 0 Å². The molecule has 3 unspecified atom stereocenters. The number of hydrogen-bond acceptors (Lipinski definition) is 7. The van der Waals surface area contributed by atoms with Gasteiger partial charge in [-0.25, -0.2) is 9.59 Å². The number of benzene rings is 4. The van der Waals surface area contributed by atoms with Crippen molar-refractivity contribution in [2.45, 2.75) is 45.6 Å². The first-order valence-corrected chi connectivity index (χ1v) is 19.1. The molecule has 6 rings (SSSR count). The Hall–Kier alpha value is -6.76. The van der Waals surface area contributed by atoms with E-state index < -0.39 is 55.5 Å². The highest BCUT2D eigenvalue weighted by atomic mass is 31.2. The van der Waals surface area contributed by atoms with Gasteiger partial charge in [0.1, 0.15) is 11.8 Å². The minimum Gasteiger partial charge on any atom is -0.481 e. The quantitative estimate of drug-likeness (QED) is 0.0451. The van der Waals surface area contributed by atoms with Crippen LogP contribution in [0.1, 0.15) is 51.9 Å². The fraction of sp³-hybridized carbons (Fsp3) is 0.167. The Morgan fingerprint density at radius 2 is 1.40 bits per heavy atom. The van der Waals surface area contributed by atoms with Crippen molar-refractivity contribution in [3.8, 4) is 5.75 Å². The zero-order valence-corrected chi connectivity index (χ0v) is 32.1. The number of esters is 1. The molecule has 2 aromatic heterocycles. The number of carbonyl (C=O) groups is 5. The first-order chi connectivity index (χ1) is 27.0. The Morgan fingerprint density at radius 1 is 0.772 bits per heavy atom. The molecule has 2 heterocycles. The van der Waals surface area contributed by atoms with E-state index in [1.54, 1.807) is 92.2 Å². The number of ether oxygens (including phenoxy) is 1. The molecule has 0 fully saturated rings. The molecule has 0 aliphatic carbocycles. The highest BCUT2D eigenvalue weighted by molar-refractivity contribution is 7.73. The van der Waals surface area contributed by atoms with Gasteiger partial charge in [-0.3, -0.25) is 18.9 Å². The lowest BCUT2D eigenvalue weighted by atomic mass is 10.0. The van der Waals surface area contributed by atoms with Gasteiger partial charge in [-0.2, -0.15) is 0 Å². The van der Waals surface area contributed by atoms with Crippen LogP contribution in [-0.4, -0.2) is 66.0 Å². The molecule has 14 nitrogen and oxygen atoms in total. The molecule has 0 bridgehead atoms. The number of fused-ring (bicyclic) bond motifs is 1. The topological polar surface area (TPSA) is 236 Å². The second-order valence-corrected chi connectivity index (χ2v) is 15.2. The van der Waals surface area contributed by atoms with Crippen LogP contribution < -0.4 is 20.7 Å². The van der Waals surface area contributed by atoms with Crippen molar-refractivity contribution in [3.63, 3.8) is 0 Å². The number of aromatic nitrogens is 2. The van der Waals surface area contributed by atoms with Gasteiger partial charge in [0.05, 0.1) is 24.3 Å². The number of aliphatic carboxylic acids is 3. The summed E-state index contributed by atoms with van der Waals surface area (Å²) in [4.78, 5) is 71.9. The van der Waals surface area contributed by atoms with Crippen LogP contribution in [0.15, 0.2) is 122 Å². The number of amides is 1. The van der Waals surface area contributed by atoms with Crippen LogP contribution in [0.2, 0.25) is 0 Å². The highest BCUT2D eigenvalue weighted by Gasteiger charge is 2.25. The van der Waals surface area contributed by atoms with Crippen molar-refractivity contribution >= 4 is 58.7 Å². The third kappa shape index (κ3) is 12.4. The molecule has 0 aliphatic rings. The second-order valence-electron chi connectivity index (χ2n) is 13.0. The monoisotopic (exact) mass is 795 g/mol. The van der Waals surface area contributed by atoms with Crippen molar-refractivity contribution in [1.82, 2.24) is 15.3 Å².